The van der Waals surface area contributed by atoms with Gasteiger partial charge in [-0.15, -0.1) is 0 Å². The summed E-state index contributed by atoms with van der Waals surface area (Å²) in [5.74, 6) is -1.26. The first-order valence-corrected chi connectivity index (χ1v) is 10.8. The fourth-order valence-corrected chi connectivity index (χ4v) is 3.78. The van der Waals surface area contributed by atoms with Crippen molar-refractivity contribution >= 4 is 23.4 Å². The summed E-state index contributed by atoms with van der Waals surface area (Å²) in [7, 11) is 1.53. The quantitative estimate of drug-likeness (QED) is 0.598. The second-order valence-corrected chi connectivity index (χ2v) is 8.06. The predicted molar refractivity (Wildman–Crippen MR) is 120 cm³/mol. The van der Waals surface area contributed by atoms with Crippen LogP contribution in [0.25, 0.3) is 0 Å². The van der Waals surface area contributed by atoms with E-state index in [2.05, 4.69) is 10.3 Å². The first-order valence-electron chi connectivity index (χ1n) is 10.8. The average molecular weight is 480 g/mol. The molecule has 1 atom stereocenters. The van der Waals surface area contributed by atoms with Crippen molar-refractivity contribution in [3.63, 3.8) is 0 Å². The topological polar surface area (TPSA) is 95.0 Å². The van der Waals surface area contributed by atoms with Gasteiger partial charge in [0.05, 0.1) is 18.6 Å². The van der Waals surface area contributed by atoms with Crippen LogP contribution in [-0.2, 0) is 15.8 Å². The SMILES string of the molecule is COc1ccc(NC(=O)CC(CN2CCCN(c3ccc(C(F)(F)F)cn3)CC2)C(=O)O)cc1. The highest BCUT2D eigenvalue weighted by molar-refractivity contribution is 5.93. The molecule has 1 aliphatic heterocycles. The number of carboxylic acids is 1. The molecule has 0 spiro atoms. The molecular weight excluding hydrogens is 453 g/mol. The van der Waals surface area contributed by atoms with E-state index >= 15 is 0 Å². The molecule has 184 valence electrons. The number of ether oxygens (including phenoxy) is 1. The van der Waals surface area contributed by atoms with Crippen molar-refractivity contribution in [1.29, 1.82) is 0 Å². The number of amides is 1. The van der Waals surface area contributed by atoms with E-state index in [9.17, 15) is 27.9 Å². The number of hydrogen-bond acceptors (Lipinski definition) is 6. The van der Waals surface area contributed by atoms with Crippen molar-refractivity contribution in [2.45, 2.75) is 19.0 Å². The Labute approximate surface area is 195 Å². The average Bonchev–Trinajstić information content (AvgIpc) is 3.04. The summed E-state index contributed by atoms with van der Waals surface area (Å²) in [6, 6.07) is 9.09. The summed E-state index contributed by atoms with van der Waals surface area (Å²) in [4.78, 5) is 32.0. The third-order valence-electron chi connectivity index (χ3n) is 5.62. The third-order valence-corrected chi connectivity index (χ3v) is 5.62. The number of carboxylic acid groups (broad SMARTS) is 1. The molecule has 34 heavy (non-hydrogen) atoms. The minimum Gasteiger partial charge on any atom is -0.497 e. The number of carbonyl (C=O) groups is 2. The van der Waals surface area contributed by atoms with Crippen LogP contribution < -0.4 is 15.0 Å². The molecule has 1 fully saturated rings. The third kappa shape index (κ3) is 7.08. The molecular formula is C23H27F3N4O4. The van der Waals surface area contributed by atoms with Gasteiger partial charge in [-0.25, -0.2) is 4.98 Å². The number of nitrogens with zero attached hydrogens (tertiary/aromatic N) is 3. The number of carbonyl (C=O) groups excluding carboxylic acids is 1. The van der Waals surface area contributed by atoms with E-state index in [1.807, 2.05) is 9.80 Å². The number of pyridine rings is 1. The van der Waals surface area contributed by atoms with Gasteiger partial charge in [0, 0.05) is 44.5 Å². The summed E-state index contributed by atoms with van der Waals surface area (Å²) in [6.07, 6.45) is -3.11. The molecule has 0 aliphatic carbocycles. The van der Waals surface area contributed by atoms with Crippen LogP contribution in [0.5, 0.6) is 5.75 Å². The van der Waals surface area contributed by atoms with Crippen LogP contribution >= 0.6 is 0 Å². The Morgan fingerprint density at radius 2 is 1.85 bits per heavy atom. The Morgan fingerprint density at radius 3 is 2.44 bits per heavy atom. The van der Waals surface area contributed by atoms with Gasteiger partial charge in [-0.1, -0.05) is 0 Å². The van der Waals surface area contributed by atoms with Gasteiger partial charge in [0.25, 0.3) is 0 Å². The van der Waals surface area contributed by atoms with Crippen molar-refractivity contribution in [2.75, 3.05) is 50.1 Å². The van der Waals surface area contributed by atoms with E-state index in [4.69, 9.17) is 4.74 Å². The van der Waals surface area contributed by atoms with Crippen molar-refractivity contribution in [3.8, 4) is 5.75 Å². The van der Waals surface area contributed by atoms with Gasteiger partial charge >= 0.3 is 12.1 Å². The molecule has 2 N–H and O–H groups in total. The zero-order chi connectivity index (χ0) is 24.7. The summed E-state index contributed by atoms with van der Waals surface area (Å²) >= 11 is 0. The lowest BCUT2D eigenvalue weighted by Gasteiger charge is -2.25. The van der Waals surface area contributed by atoms with Gasteiger partial charge in [-0.3, -0.25) is 9.59 Å². The van der Waals surface area contributed by atoms with Crippen LogP contribution in [0.2, 0.25) is 0 Å². The van der Waals surface area contributed by atoms with E-state index in [0.29, 0.717) is 49.9 Å². The van der Waals surface area contributed by atoms with Crippen LogP contribution in [0, 0.1) is 5.92 Å². The molecule has 1 aromatic carbocycles. The summed E-state index contributed by atoms with van der Waals surface area (Å²) in [5.41, 5.74) is -0.255. The summed E-state index contributed by atoms with van der Waals surface area (Å²) in [6.45, 7) is 2.39. The molecule has 0 bridgehead atoms. The van der Waals surface area contributed by atoms with Gasteiger partial charge in [0.15, 0.2) is 0 Å². The molecule has 0 radical (unpaired) electrons. The number of aliphatic carboxylic acids is 1. The predicted octanol–water partition coefficient (Wildman–Crippen LogP) is 3.35. The maximum atomic E-state index is 12.8. The standard InChI is InChI=1S/C23H27F3N4O4/c1-34-19-6-4-18(5-7-19)28-21(31)13-16(22(32)33)15-29-9-2-10-30(12-11-29)20-8-3-17(14-27-20)23(24,25)26/h3-8,14,16H,2,9-13,15H2,1H3,(H,28,31)(H,32,33). The van der Waals surface area contributed by atoms with E-state index in [0.717, 1.165) is 12.3 Å². The number of alkyl halides is 3. The van der Waals surface area contributed by atoms with E-state index in [1.165, 1.54) is 13.2 Å². The normalized spacial score (nSPS) is 15.9. The van der Waals surface area contributed by atoms with Crippen LogP contribution in [0.15, 0.2) is 42.6 Å². The molecule has 2 aromatic rings. The Hall–Kier alpha value is -3.34. The molecule has 1 saturated heterocycles. The monoisotopic (exact) mass is 480 g/mol. The summed E-state index contributed by atoms with van der Waals surface area (Å²) in [5, 5.41) is 12.3. The first kappa shape index (κ1) is 25.3. The number of nitrogens with one attached hydrogen (secondary N) is 1. The molecule has 1 unspecified atom stereocenters. The fourth-order valence-electron chi connectivity index (χ4n) is 3.78. The Balaban J connectivity index is 1.54. The molecule has 1 amide bonds. The number of halogens is 3. The number of methoxy groups -OCH3 is 1. The highest BCUT2D eigenvalue weighted by Gasteiger charge is 2.31. The Kier molecular flexibility index (Phi) is 8.32. The van der Waals surface area contributed by atoms with E-state index < -0.39 is 29.5 Å². The van der Waals surface area contributed by atoms with Gasteiger partial charge < -0.3 is 25.0 Å². The number of benzene rings is 1. The maximum absolute atomic E-state index is 12.8. The lowest BCUT2D eigenvalue weighted by molar-refractivity contribution is -0.144. The first-order chi connectivity index (χ1) is 16.2. The zero-order valence-electron chi connectivity index (χ0n) is 18.7. The van der Waals surface area contributed by atoms with Gasteiger partial charge in [-0.05, 0) is 49.4 Å². The minimum absolute atomic E-state index is 0.179. The van der Waals surface area contributed by atoms with Crippen LogP contribution in [0.4, 0.5) is 24.7 Å². The lowest BCUT2D eigenvalue weighted by atomic mass is 10.0. The summed E-state index contributed by atoms with van der Waals surface area (Å²) < 4.78 is 43.4. The number of anilines is 2. The smallest absolute Gasteiger partial charge is 0.417 e. The number of aromatic nitrogens is 1. The minimum atomic E-state index is -4.44. The van der Waals surface area contributed by atoms with Crippen LogP contribution in [-0.4, -0.2) is 66.7 Å². The molecule has 1 aliphatic rings. The van der Waals surface area contributed by atoms with E-state index in [1.54, 1.807) is 24.3 Å². The van der Waals surface area contributed by atoms with E-state index in [-0.39, 0.29) is 13.0 Å². The van der Waals surface area contributed by atoms with Crippen LogP contribution in [0.3, 0.4) is 0 Å². The Bertz CT molecular complexity index is 968. The van der Waals surface area contributed by atoms with Crippen molar-refractivity contribution in [1.82, 2.24) is 9.88 Å². The molecule has 0 saturated carbocycles. The van der Waals surface area contributed by atoms with Gasteiger partial charge in [0.2, 0.25) is 5.91 Å². The van der Waals surface area contributed by atoms with Gasteiger partial charge in [-0.2, -0.15) is 13.2 Å². The number of rotatable bonds is 8. The second-order valence-electron chi connectivity index (χ2n) is 8.06. The van der Waals surface area contributed by atoms with Crippen molar-refractivity contribution < 1.29 is 32.6 Å². The van der Waals surface area contributed by atoms with Gasteiger partial charge in [0.1, 0.15) is 11.6 Å². The molecule has 11 heteroatoms. The zero-order valence-corrected chi connectivity index (χ0v) is 18.7. The highest BCUT2D eigenvalue weighted by Crippen LogP contribution is 2.29. The molecule has 8 nitrogen and oxygen atoms in total. The largest absolute Gasteiger partial charge is 0.497 e. The Morgan fingerprint density at radius 1 is 1.12 bits per heavy atom. The van der Waals surface area contributed by atoms with Crippen molar-refractivity contribution in [3.05, 3.63) is 48.2 Å². The maximum Gasteiger partial charge on any atom is 0.417 e. The van der Waals surface area contributed by atoms with Crippen molar-refractivity contribution in [2.24, 2.45) is 5.92 Å². The van der Waals surface area contributed by atoms with Crippen LogP contribution in [0.1, 0.15) is 18.4 Å². The molecule has 1 aromatic heterocycles. The molecule has 3 rings (SSSR count). The fraction of sp³-hybridized carbons (Fsp3) is 0.435. The highest BCUT2D eigenvalue weighted by atomic mass is 19.4. The number of hydrogen-bond donors (Lipinski definition) is 2. The lowest BCUT2D eigenvalue weighted by Crippen LogP contribution is -2.37. The second kappa shape index (κ2) is 11.2. The molecule has 2 heterocycles.